The van der Waals surface area contributed by atoms with Crippen molar-refractivity contribution in [1.82, 2.24) is 5.43 Å². The Hall–Kier alpha value is -2.34. The lowest BCUT2D eigenvalue weighted by Gasteiger charge is -2.09. The third-order valence-electron chi connectivity index (χ3n) is 3.04. The summed E-state index contributed by atoms with van der Waals surface area (Å²) >= 11 is 3.40. The van der Waals surface area contributed by atoms with Crippen molar-refractivity contribution in [2.24, 2.45) is 5.10 Å². The van der Waals surface area contributed by atoms with Gasteiger partial charge in [0.1, 0.15) is 11.5 Å². The first-order valence-electron chi connectivity index (χ1n) is 7.43. The van der Waals surface area contributed by atoms with E-state index in [9.17, 15) is 4.79 Å². The molecule has 0 radical (unpaired) electrons. The Bertz CT molecular complexity index is 728. The summed E-state index contributed by atoms with van der Waals surface area (Å²) in [7, 11) is 1.60. The van der Waals surface area contributed by atoms with Gasteiger partial charge in [0.15, 0.2) is 0 Å². The zero-order chi connectivity index (χ0) is 17.5. The van der Waals surface area contributed by atoms with Crippen LogP contribution in [0.25, 0.3) is 0 Å². The molecule has 126 valence electrons. The minimum atomic E-state index is -0.282. The Morgan fingerprint density at radius 3 is 2.50 bits per heavy atom. The number of nitrogens with one attached hydrogen (secondary N) is 1. The summed E-state index contributed by atoms with van der Waals surface area (Å²) in [6, 6.07) is 12.4. The number of hydrogen-bond donors (Lipinski definition) is 1. The first-order valence-corrected chi connectivity index (χ1v) is 8.22. The highest BCUT2D eigenvalue weighted by Gasteiger charge is 2.05. The van der Waals surface area contributed by atoms with E-state index in [1.54, 1.807) is 37.6 Å². The lowest BCUT2D eigenvalue weighted by atomic mass is 10.2. The highest BCUT2D eigenvalue weighted by Crippen LogP contribution is 2.24. The number of rotatable bonds is 6. The van der Waals surface area contributed by atoms with E-state index in [-0.39, 0.29) is 12.0 Å². The number of hydrazone groups is 1. The fourth-order valence-electron chi connectivity index (χ4n) is 1.95. The van der Waals surface area contributed by atoms with E-state index in [1.807, 2.05) is 32.0 Å². The fourth-order valence-corrected chi connectivity index (χ4v) is 2.51. The molecule has 24 heavy (non-hydrogen) atoms. The second-order valence-electron chi connectivity index (χ2n) is 5.28. The molecule has 2 aromatic rings. The van der Waals surface area contributed by atoms with Crippen molar-refractivity contribution in [3.8, 4) is 11.5 Å². The average molecular weight is 391 g/mol. The average Bonchev–Trinajstić information content (AvgIpc) is 2.55. The molecule has 2 aromatic carbocycles. The number of amides is 1. The molecule has 0 bridgehead atoms. The first kappa shape index (κ1) is 18.0. The number of methoxy groups -OCH3 is 1. The molecular formula is C18H19BrN2O3. The maximum atomic E-state index is 12.0. The molecule has 1 amide bonds. The normalized spacial score (nSPS) is 10.9. The molecule has 0 saturated carbocycles. The van der Waals surface area contributed by atoms with Gasteiger partial charge in [-0.3, -0.25) is 4.79 Å². The molecule has 0 fully saturated rings. The van der Waals surface area contributed by atoms with Crippen LogP contribution in [0.3, 0.4) is 0 Å². The molecule has 1 N–H and O–H groups in total. The number of ether oxygens (including phenoxy) is 2. The van der Waals surface area contributed by atoms with E-state index in [0.717, 1.165) is 21.5 Å². The lowest BCUT2D eigenvalue weighted by molar-refractivity contribution is 0.0955. The summed E-state index contributed by atoms with van der Waals surface area (Å²) in [5, 5.41) is 3.97. The van der Waals surface area contributed by atoms with E-state index in [2.05, 4.69) is 26.5 Å². The van der Waals surface area contributed by atoms with Gasteiger partial charge in [0.2, 0.25) is 0 Å². The smallest absolute Gasteiger partial charge is 0.271 e. The highest BCUT2D eigenvalue weighted by atomic mass is 79.9. The Balaban J connectivity index is 1.96. The van der Waals surface area contributed by atoms with Crippen molar-refractivity contribution in [2.45, 2.75) is 20.0 Å². The van der Waals surface area contributed by atoms with Gasteiger partial charge in [-0.2, -0.15) is 5.10 Å². The minimum absolute atomic E-state index is 0.0955. The van der Waals surface area contributed by atoms with Gasteiger partial charge in [-0.05, 0) is 77.8 Å². The molecule has 2 rings (SSSR count). The summed E-state index contributed by atoms with van der Waals surface area (Å²) in [5.41, 5.74) is 3.85. The van der Waals surface area contributed by atoms with Crippen molar-refractivity contribution in [3.63, 3.8) is 0 Å². The molecule has 0 aliphatic heterocycles. The number of benzene rings is 2. The lowest BCUT2D eigenvalue weighted by Crippen LogP contribution is -2.17. The standard InChI is InChI=1S/C18H19BrN2O3/c1-12(2)24-15-7-5-14(6-8-15)18(22)21-20-11-13-4-9-17(23-3)16(19)10-13/h4-12H,1-3H3,(H,21,22)/b20-11-. The maximum Gasteiger partial charge on any atom is 0.271 e. The third kappa shape index (κ3) is 5.09. The number of carbonyl (C=O) groups is 1. The molecule has 0 heterocycles. The predicted octanol–water partition coefficient (Wildman–Crippen LogP) is 4.01. The Morgan fingerprint density at radius 1 is 1.21 bits per heavy atom. The predicted molar refractivity (Wildman–Crippen MR) is 98.0 cm³/mol. The Morgan fingerprint density at radius 2 is 1.92 bits per heavy atom. The summed E-state index contributed by atoms with van der Waals surface area (Å²) in [4.78, 5) is 12.0. The minimum Gasteiger partial charge on any atom is -0.496 e. The fraction of sp³-hybridized carbons (Fsp3) is 0.222. The van der Waals surface area contributed by atoms with Crippen LogP contribution in [0.4, 0.5) is 0 Å². The molecule has 0 unspecified atom stereocenters. The molecule has 0 saturated heterocycles. The molecule has 0 aliphatic rings. The van der Waals surface area contributed by atoms with Crippen molar-refractivity contribution >= 4 is 28.1 Å². The molecule has 5 nitrogen and oxygen atoms in total. The van der Waals surface area contributed by atoms with Crippen LogP contribution in [-0.2, 0) is 0 Å². The van der Waals surface area contributed by atoms with E-state index in [0.29, 0.717) is 5.56 Å². The molecule has 0 aromatic heterocycles. The van der Waals surface area contributed by atoms with Gasteiger partial charge in [-0.25, -0.2) is 5.43 Å². The van der Waals surface area contributed by atoms with E-state index < -0.39 is 0 Å². The van der Waals surface area contributed by atoms with Crippen molar-refractivity contribution in [3.05, 3.63) is 58.1 Å². The van der Waals surface area contributed by atoms with Crippen LogP contribution in [0.15, 0.2) is 52.0 Å². The number of nitrogens with zero attached hydrogens (tertiary/aromatic N) is 1. The quantitative estimate of drug-likeness (QED) is 0.598. The van der Waals surface area contributed by atoms with Crippen LogP contribution in [0.1, 0.15) is 29.8 Å². The Labute approximate surface area is 149 Å². The second-order valence-corrected chi connectivity index (χ2v) is 6.14. The van der Waals surface area contributed by atoms with Gasteiger partial charge in [-0.1, -0.05) is 0 Å². The zero-order valence-electron chi connectivity index (χ0n) is 13.7. The van der Waals surface area contributed by atoms with Gasteiger partial charge in [0.25, 0.3) is 5.91 Å². The SMILES string of the molecule is COc1ccc(/C=N\NC(=O)c2ccc(OC(C)C)cc2)cc1Br. The van der Waals surface area contributed by atoms with Crippen LogP contribution in [-0.4, -0.2) is 25.3 Å². The summed E-state index contributed by atoms with van der Waals surface area (Å²) in [6.45, 7) is 3.90. The van der Waals surface area contributed by atoms with Crippen LogP contribution in [0.5, 0.6) is 11.5 Å². The van der Waals surface area contributed by atoms with Crippen molar-refractivity contribution < 1.29 is 14.3 Å². The van der Waals surface area contributed by atoms with Gasteiger partial charge >= 0.3 is 0 Å². The van der Waals surface area contributed by atoms with Crippen LogP contribution in [0.2, 0.25) is 0 Å². The molecule has 0 atom stereocenters. The van der Waals surface area contributed by atoms with Crippen molar-refractivity contribution in [2.75, 3.05) is 7.11 Å². The second kappa shape index (κ2) is 8.49. The number of hydrogen-bond acceptors (Lipinski definition) is 4. The summed E-state index contributed by atoms with van der Waals surface area (Å²) in [6.07, 6.45) is 1.66. The largest absolute Gasteiger partial charge is 0.496 e. The molecular weight excluding hydrogens is 372 g/mol. The van der Waals surface area contributed by atoms with Crippen LogP contribution >= 0.6 is 15.9 Å². The highest BCUT2D eigenvalue weighted by molar-refractivity contribution is 9.10. The van der Waals surface area contributed by atoms with Gasteiger partial charge < -0.3 is 9.47 Å². The van der Waals surface area contributed by atoms with E-state index >= 15 is 0 Å². The van der Waals surface area contributed by atoms with Gasteiger partial charge in [0.05, 0.1) is 23.9 Å². The van der Waals surface area contributed by atoms with E-state index in [1.165, 1.54) is 0 Å². The van der Waals surface area contributed by atoms with Crippen LogP contribution in [0, 0.1) is 0 Å². The topological polar surface area (TPSA) is 59.9 Å². The maximum absolute atomic E-state index is 12.0. The summed E-state index contributed by atoms with van der Waals surface area (Å²) in [5.74, 6) is 1.18. The number of carbonyl (C=O) groups excluding carboxylic acids is 1. The van der Waals surface area contributed by atoms with Gasteiger partial charge in [-0.15, -0.1) is 0 Å². The molecule has 6 heteroatoms. The monoisotopic (exact) mass is 390 g/mol. The van der Waals surface area contributed by atoms with Gasteiger partial charge in [0, 0.05) is 5.56 Å². The molecule has 0 aliphatic carbocycles. The van der Waals surface area contributed by atoms with E-state index in [4.69, 9.17) is 9.47 Å². The Kier molecular flexibility index (Phi) is 6.37. The number of halogens is 1. The first-order chi connectivity index (χ1) is 11.5. The zero-order valence-corrected chi connectivity index (χ0v) is 15.3. The van der Waals surface area contributed by atoms with Crippen LogP contribution < -0.4 is 14.9 Å². The summed E-state index contributed by atoms with van der Waals surface area (Å²) < 4.78 is 11.5. The molecule has 0 spiro atoms. The van der Waals surface area contributed by atoms with Crippen molar-refractivity contribution in [1.29, 1.82) is 0 Å². The third-order valence-corrected chi connectivity index (χ3v) is 3.66.